The molecule has 0 aromatic heterocycles. The van der Waals surface area contributed by atoms with Gasteiger partial charge in [-0.2, -0.15) is 0 Å². The zero-order valence-corrected chi connectivity index (χ0v) is 18.0. The van der Waals surface area contributed by atoms with E-state index in [1.165, 1.54) is 16.8 Å². The molecule has 1 atom stereocenters. The van der Waals surface area contributed by atoms with Crippen LogP contribution in [0.1, 0.15) is 30.4 Å². The smallest absolute Gasteiger partial charge is 0.315 e. The van der Waals surface area contributed by atoms with E-state index in [0.29, 0.717) is 5.92 Å². The average molecular weight is 407 g/mol. The summed E-state index contributed by atoms with van der Waals surface area (Å²) in [6.07, 6.45) is 3.17. The molecule has 1 unspecified atom stereocenters. The Balaban J connectivity index is 1.13. The fourth-order valence-corrected chi connectivity index (χ4v) is 4.65. The highest BCUT2D eigenvalue weighted by molar-refractivity contribution is 5.74. The second-order valence-electron chi connectivity index (χ2n) is 8.83. The predicted octanol–water partition coefficient (Wildman–Crippen LogP) is 3.79. The lowest BCUT2D eigenvalue weighted by Gasteiger charge is -2.32. The van der Waals surface area contributed by atoms with Gasteiger partial charge in [-0.3, -0.25) is 4.90 Å². The van der Waals surface area contributed by atoms with Crippen LogP contribution in [-0.4, -0.2) is 49.7 Å². The Kier molecular flexibility index (Phi) is 6.90. The molecule has 0 aliphatic carbocycles. The highest BCUT2D eigenvalue weighted by Crippen LogP contribution is 2.23. The predicted molar refractivity (Wildman–Crippen MR) is 123 cm³/mol. The molecule has 0 radical (unpaired) electrons. The molecule has 2 amide bonds. The summed E-state index contributed by atoms with van der Waals surface area (Å²) in [5.41, 5.74) is 3.97. The van der Waals surface area contributed by atoms with E-state index < -0.39 is 0 Å². The number of nitrogens with zero attached hydrogens (tertiary/aromatic N) is 2. The Morgan fingerprint density at radius 3 is 2.57 bits per heavy atom. The minimum atomic E-state index is -0.00899. The lowest BCUT2D eigenvalue weighted by atomic mass is 10.0. The maximum Gasteiger partial charge on any atom is 0.315 e. The molecule has 2 aromatic carbocycles. The third kappa shape index (κ3) is 5.76. The van der Waals surface area contributed by atoms with Gasteiger partial charge in [-0.15, -0.1) is 0 Å². The van der Waals surface area contributed by atoms with Crippen LogP contribution in [0.3, 0.4) is 0 Å². The van der Waals surface area contributed by atoms with E-state index in [4.69, 9.17) is 0 Å². The van der Waals surface area contributed by atoms with Crippen molar-refractivity contribution in [1.82, 2.24) is 15.5 Å². The lowest BCUT2D eigenvalue weighted by molar-refractivity contribution is 0.186. The van der Waals surface area contributed by atoms with Gasteiger partial charge in [-0.05, 0) is 49.8 Å². The molecule has 5 nitrogen and oxygen atoms in total. The van der Waals surface area contributed by atoms with Gasteiger partial charge in [0.05, 0.1) is 0 Å². The van der Waals surface area contributed by atoms with Crippen molar-refractivity contribution in [1.29, 1.82) is 0 Å². The molecule has 2 saturated heterocycles. The van der Waals surface area contributed by atoms with Crippen molar-refractivity contribution >= 4 is 11.7 Å². The third-order valence-corrected chi connectivity index (χ3v) is 6.37. The zero-order chi connectivity index (χ0) is 20.8. The number of benzene rings is 2. The van der Waals surface area contributed by atoms with Crippen molar-refractivity contribution in [2.75, 3.05) is 37.6 Å². The Morgan fingerprint density at radius 2 is 1.80 bits per heavy atom. The molecule has 2 aromatic rings. The van der Waals surface area contributed by atoms with Gasteiger partial charge in [0.1, 0.15) is 0 Å². The number of nitrogens with one attached hydrogen (secondary N) is 2. The molecule has 2 aliphatic rings. The van der Waals surface area contributed by atoms with Crippen LogP contribution in [0.25, 0.3) is 0 Å². The van der Waals surface area contributed by atoms with Crippen LogP contribution in [0.2, 0.25) is 0 Å². The minimum absolute atomic E-state index is 0.00899. The van der Waals surface area contributed by atoms with E-state index in [9.17, 15) is 4.79 Å². The molecule has 4 rings (SSSR count). The normalized spacial score (nSPS) is 20.3. The lowest BCUT2D eigenvalue weighted by Crippen LogP contribution is -2.48. The van der Waals surface area contributed by atoms with Crippen LogP contribution in [0, 0.1) is 12.8 Å². The first-order chi connectivity index (χ1) is 14.7. The van der Waals surface area contributed by atoms with E-state index >= 15 is 0 Å². The van der Waals surface area contributed by atoms with Crippen LogP contribution in [0.15, 0.2) is 54.6 Å². The Labute approximate surface area is 180 Å². The average Bonchev–Trinajstić information content (AvgIpc) is 3.24. The molecular formula is C25H34N4O. The topological polar surface area (TPSA) is 47.6 Å². The van der Waals surface area contributed by atoms with Crippen molar-refractivity contribution in [2.24, 2.45) is 5.92 Å². The van der Waals surface area contributed by atoms with Gasteiger partial charge >= 0.3 is 6.03 Å². The number of hydrogen-bond donors (Lipinski definition) is 2. The van der Waals surface area contributed by atoms with Crippen LogP contribution in [0.4, 0.5) is 10.5 Å². The van der Waals surface area contributed by atoms with E-state index in [1.54, 1.807) is 0 Å². The maximum atomic E-state index is 12.4. The summed E-state index contributed by atoms with van der Waals surface area (Å²) in [6.45, 7) is 8.05. The largest absolute Gasteiger partial charge is 0.371 e. The van der Waals surface area contributed by atoms with Crippen LogP contribution in [0.5, 0.6) is 0 Å². The number of urea groups is 1. The maximum absolute atomic E-state index is 12.4. The molecule has 2 fully saturated rings. The van der Waals surface area contributed by atoms with Crippen LogP contribution in [-0.2, 0) is 6.54 Å². The molecule has 2 N–H and O–H groups in total. The first-order valence-electron chi connectivity index (χ1n) is 11.3. The summed E-state index contributed by atoms with van der Waals surface area (Å²) in [5, 5.41) is 6.30. The Hall–Kier alpha value is -2.53. The number of hydrogen-bond acceptors (Lipinski definition) is 3. The molecule has 30 heavy (non-hydrogen) atoms. The summed E-state index contributed by atoms with van der Waals surface area (Å²) in [7, 11) is 0. The number of para-hydroxylation sites is 1. The van der Waals surface area contributed by atoms with Crippen molar-refractivity contribution in [2.45, 2.75) is 38.8 Å². The standard InChI is InChI=1S/C25H34N4O/c1-20-6-5-7-21(16-20)18-28-13-11-23(12-14-28)27-25(30)26-17-22-10-15-29(19-22)24-8-3-2-4-9-24/h2-9,16,22-23H,10-15,17-19H2,1H3,(H2,26,27,30). The zero-order valence-electron chi connectivity index (χ0n) is 18.0. The van der Waals surface area contributed by atoms with Crippen molar-refractivity contribution in [3.8, 4) is 0 Å². The second kappa shape index (κ2) is 9.98. The number of piperidine rings is 1. The Bertz CT molecular complexity index is 817. The molecule has 0 bridgehead atoms. The SMILES string of the molecule is Cc1cccc(CN2CCC(NC(=O)NCC3CCN(c4ccccc4)C3)CC2)c1. The highest BCUT2D eigenvalue weighted by Gasteiger charge is 2.24. The first kappa shape index (κ1) is 20.7. The van der Waals surface area contributed by atoms with Gasteiger partial charge < -0.3 is 15.5 Å². The number of aryl methyl sites for hydroxylation is 1. The number of carbonyl (C=O) groups is 1. The molecule has 2 heterocycles. The fourth-order valence-electron chi connectivity index (χ4n) is 4.65. The summed E-state index contributed by atoms with van der Waals surface area (Å²) in [4.78, 5) is 17.3. The molecule has 0 spiro atoms. The summed E-state index contributed by atoms with van der Waals surface area (Å²) >= 11 is 0. The molecular weight excluding hydrogens is 372 g/mol. The van der Waals surface area contributed by atoms with Crippen molar-refractivity contribution in [3.63, 3.8) is 0 Å². The molecule has 160 valence electrons. The van der Waals surface area contributed by atoms with E-state index in [1.807, 2.05) is 0 Å². The van der Waals surface area contributed by atoms with Crippen molar-refractivity contribution in [3.05, 3.63) is 65.7 Å². The van der Waals surface area contributed by atoms with Crippen LogP contribution >= 0.6 is 0 Å². The summed E-state index contributed by atoms with van der Waals surface area (Å²) < 4.78 is 0. The van der Waals surface area contributed by atoms with Gasteiger partial charge in [0.15, 0.2) is 0 Å². The van der Waals surface area contributed by atoms with Gasteiger partial charge in [0.25, 0.3) is 0 Å². The highest BCUT2D eigenvalue weighted by atomic mass is 16.2. The molecule has 2 aliphatic heterocycles. The van der Waals surface area contributed by atoms with E-state index in [0.717, 1.165) is 58.5 Å². The number of amides is 2. The van der Waals surface area contributed by atoms with E-state index in [-0.39, 0.29) is 12.1 Å². The molecule has 5 heteroatoms. The number of rotatable bonds is 6. The first-order valence-corrected chi connectivity index (χ1v) is 11.3. The van der Waals surface area contributed by atoms with Gasteiger partial charge in [-0.25, -0.2) is 4.79 Å². The Morgan fingerprint density at radius 1 is 1.00 bits per heavy atom. The third-order valence-electron chi connectivity index (χ3n) is 6.37. The van der Waals surface area contributed by atoms with Crippen LogP contribution < -0.4 is 15.5 Å². The summed E-state index contributed by atoms with van der Waals surface area (Å²) in [6, 6.07) is 19.6. The molecule has 0 saturated carbocycles. The monoisotopic (exact) mass is 406 g/mol. The van der Waals surface area contributed by atoms with E-state index in [2.05, 4.69) is 82.0 Å². The minimum Gasteiger partial charge on any atom is -0.371 e. The summed E-state index contributed by atoms with van der Waals surface area (Å²) in [5.74, 6) is 0.520. The quantitative estimate of drug-likeness (QED) is 0.767. The van der Waals surface area contributed by atoms with Gasteiger partial charge in [0.2, 0.25) is 0 Å². The number of likely N-dealkylation sites (tertiary alicyclic amines) is 1. The number of anilines is 1. The van der Waals surface area contributed by atoms with Gasteiger partial charge in [-0.1, -0.05) is 48.0 Å². The fraction of sp³-hybridized carbons (Fsp3) is 0.480. The second-order valence-corrected chi connectivity index (χ2v) is 8.83. The van der Waals surface area contributed by atoms with Gasteiger partial charge in [0, 0.05) is 51.0 Å². The van der Waals surface area contributed by atoms with Crippen molar-refractivity contribution < 1.29 is 4.79 Å². The number of carbonyl (C=O) groups excluding carboxylic acids is 1.